The molecule has 4 nitrogen and oxygen atoms in total. The van der Waals surface area contributed by atoms with Crippen molar-refractivity contribution in [3.63, 3.8) is 0 Å². The molecule has 0 unspecified atom stereocenters. The Kier molecular flexibility index (Phi) is 5.30. The molecule has 1 amide bonds. The number of benzene rings is 3. The third-order valence-electron chi connectivity index (χ3n) is 4.25. The molecule has 0 radical (unpaired) electrons. The van der Waals surface area contributed by atoms with Crippen LogP contribution in [0.15, 0.2) is 71.6 Å². The molecule has 3 aromatic rings. The summed E-state index contributed by atoms with van der Waals surface area (Å²) in [5, 5.41) is 2.58. The Morgan fingerprint density at radius 2 is 1.62 bits per heavy atom. The van der Waals surface area contributed by atoms with E-state index < -0.39 is 9.84 Å². The Labute approximate surface area is 157 Å². The number of carbonyl (C=O) groups excluding carboxylic acids is 1. The quantitative estimate of drug-likeness (QED) is 0.655. The van der Waals surface area contributed by atoms with Crippen molar-refractivity contribution >= 4 is 43.8 Å². The first-order chi connectivity index (χ1) is 12.4. The number of halogens is 1. The van der Waals surface area contributed by atoms with Crippen LogP contribution < -0.4 is 4.90 Å². The summed E-state index contributed by atoms with van der Waals surface area (Å²) in [7, 11) is -1.87. The Morgan fingerprint density at radius 1 is 0.962 bits per heavy atom. The maximum atomic E-state index is 12.5. The zero-order chi connectivity index (χ0) is 18.7. The van der Waals surface area contributed by atoms with Crippen LogP contribution in [0, 0.1) is 0 Å². The predicted molar refractivity (Wildman–Crippen MR) is 105 cm³/mol. The van der Waals surface area contributed by atoms with Gasteiger partial charge in [0.15, 0.2) is 9.84 Å². The first kappa shape index (κ1) is 18.4. The fourth-order valence-corrected chi connectivity index (χ4v) is 4.03. The second-order valence-corrected chi connectivity index (χ2v) is 8.55. The van der Waals surface area contributed by atoms with Crippen LogP contribution in [0.5, 0.6) is 0 Å². The minimum Gasteiger partial charge on any atom is -0.315 e. The largest absolute Gasteiger partial charge is 0.315 e. The summed E-state index contributed by atoms with van der Waals surface area (Å²) in [6.07, 6.45) is -0.0890. The molecule has 134 valence electrons. The zero-order valence-electron chi connectivity index (χ0n) is 14.2. The monoisotopic (exact) mass is 387 g/mol. The van der Waals surface area contributed by atoms with Crippen LogP contribution in [0.1, 0.15) is 6.42 Å². The molecular formula is C20H18ClNO3S. The molecule has 0 fully saturated rings. The molecule has 0 aliphatic rings. The molecule has 0 saturated carbocycles. The minimum atomic E-state index is -3.53. The highest BCUT2D eigenvalue weighted by Crippen LogP contribution is 2.22. The number of hydrogen-bond donors (Lipinski definition) is 0. The summed E-state index contributed by atoms with van der Waals surface area (Å²) >= 11 is 5.78. The van der Waals surface area contributed by atoms with Crippen LogP contribution in [-0.4, -0.2) is 27.1 Å². The van der Waals surface area contributed by atoms with Crippen LogP contribution in [-0.2, 0) is 14.6 Å². The molecular weight excluding hydrogens is 370 g/mol. The van der Waals surface area contributed by atoms with E-state index in [1.165, 1.54) is 29.2 Å². The van der Waals surface area contributed by atoms with Gasteiger partial charge in [0.05, 0.1) is 10.6 Å². The second-order valence-electron chi connectivity index (χ2n) is 6.01. The fourth-order valence-electron chi connectivity index (χ4n) is 2.68. The normalized spacial score (nSPS) is 11.5. The number of anilines is 1. The van der Waals surface area contributed by atoms with Crippen molar-refractivity contribution in [2.45, 2.75) is 11.3 Å². The molecule has 0 saturated heterocycles. The SMILES string of the molecule is CN(C(=O)CCS(=O)(=O)c1ccc(Cl)cc1)c1ccc2ccccc2c1. The molecule has 0 heterocycles. The molecule has 0 aromatic heterocycles. The minimum absolute atomic E-state index is 0.0890. The van der Waals surface area contributed by atoms with Gasteiger partial charge in [-0.1, -0.05) is 41.9 Å². The summed E-state index contributed by atoms with van der Waals surface area (Å²) < 4.78 is 24.7. The van der Waals surface area contributed by atoms with Gasteiger partial charge in [-0.15, -0.1) is 0 Å². The molecule has 0 bridgehead atoms. The molecule has 6 heteroatoms. The van der Waals surface area contributed by atoms with Crippen molar-refractivity contribution in [1.29, 1.82) is 0 Å². The summed E-state index contributed by atoms with van der Waals surface area (Å²) in [6.45, 7) is 0. The molecule has 26 heavy (non-hydrogen) atoms. The molecule has 0 aliphatic carbocycles. The van der Waals surface area contributed by atoms with Crippen molar-refractivity contribution in [3.8, 4) is 0 Å². The van der Waals surface area contributed by atoms with E-state index in [0.29, 0.717) is 5.02 Å². The topological polar surface area (TPSA) is 54.5 Å². The highest BCUT2D eigenvalue weighted by Gasteiger charge is 2.19. The van der Waals surface area contributed by atoms with Crippen LogP contribution in [0.3, 0.4) is 0 Å². The fraction of sp³-hybridized carbons (Fsp3) is 0.150. The predicted octanol–water partition coefficient (Wildman–Crippen LogP) is 4.32. The number of amides is 1. The van der Waals surface area contributed by atoms with Crippen molar-refractivity contribution in [2.75, 3.05) is 17.7 Å². The summed E-state index contributed by atoms with van der Waals surface area (Å²) in [5.74, 6) is -0.497. The Balaban J connectivity index is 1.71. The van der Waals surface area contributed by atoms with Gasteiger partial charge < -0.3 is 4.90 Å². The van der Waals surface area contributed by atoms with Gasteiger partial charge in [-0.25, -0.2) is 8.42 Å². The summed E-state index contributed by atoms with van der Waals surface area (Å²) in [6, 6.07) is 19.5. The summed E-state index contributed by atoms with van der Waals surface area (Å²) in [5.41, 5.74) is 0.734. The second kappa shape index (κ2) is 7.48. The van der Waals surface area contributed by atoms with Crippen LogP contribution in [0.25, 0.3) is 10.8 Å². The van der Waals surface area contributed by atoms with Crippen molar-refractivity contribution in [1.82, 2.24) is 0 Å². The van der Waals surface area contributed by atoms with E-state index in [9.17, 15) is 13.2 Å². The zero-order valence-corrected chi connectivity index (χ0v) is 15.8. The highest BCUT2D eigenvalue weighted by molar-refractivity contribution is 7.91. The average Bonchev–Trinajstić information content (AvgIpc) is 2.65. The van der Waals surface area contributed by atoms with Gasteiger partial charge in [0.25, 0.3) is 0 Å². The molecule has 3 rings (SSSR count). The third kappa shape index (κ3) is 4.06. The molecule has 0 N–H and O–H groups in total. The number of rotatable bonds is 5. The van der Waals surface area contributed by atoms with Gasteiger partial charge in [-0.3, -0.25) is 4.79 Å². The number of fused-ring (bicyclic) bond motifs is 1. The van der Waals surface area contributed by atoms with Gasteiger partial charge in [0.1, 0.15) is 0 Å². The standard InChI is InChI=1S/C20H18ClNO3S/c1-22(18-9-6-15-4-2-3-5-16(15)14-18)20(23)12-13-26(24,25)19-10-7-17(21)8-11-19/h2-11,14H,12-13H2,1H3. The van der Waals surface area contributed by atoms with Gasteiger partial charge >= 0.3 is 0 Å². The van der Waals surface area contributed by atoms with Gasteiger partial charge in [0.2, 0.25) is 5.91 Å². The lowest BCUT2D eigenvalue weighted by atomic mass is 10.1. The average molecular weight is 388 g/mol. The molecule has 0 atom stereocenters. The van der Waals surface area contributed by atoms with Gasteiger partial charge in [-0.2, -0.15) is 0 Å². The Morgan fingerprint density at radius 3 is 2.31 bits per heavy atom. The van der Waals surface area contributed by atoms with E-state index in [2.05, 4.69) is 0 Å². The lowest BCUT2D eigenvalue weighted by Gasteiger charge is -2.18. The van der Waals surface area contributed by atoms with E-state index in [1.54, 1.807) is 7.05 Å². The van der Waals surface area contributed by atoms with E-state index in [4.69, 9.17) is 11.6 Å². The Bertz CT molecular complexity index is 1050. The summed E-state index contributed by atoms with van der Waals surface area (Å²) in [4.78, 5) is 14.1. The van der Waals surface area contributed by atoms with E-state index in [-0.39, 0.29) is 23.0 Å². The lowest BCUT2D eigenvalue weighted by Crippen LogP contribution is -2.28. The first-order valence-electron chi connectivity index (χ1n) is 8.10. The first-order valence-corrected chi connectivity index (χ1v) is 10.1. The van der Waals surface area contributed by atoms with Crippen LogP contribution in [0.2, 0.25) is 5.02 Å². The maximum Gasteiger partial charge on any atom is 0.227 e. The van der Waals surface area contributed by atoms with Crippen molar-refractivity contribution in [3.05, 3.63) is 71.8 Å². The number of sulfone groups is 1. The molecule has 0 aliphatic heterocycles. The molecule has 3 aromatic carbocycles. The lowest BCUT2D eigenvalue weighted by molar-refractivity contribution is -0.117. The highest BCUT2D eigenvalue weighted by atomic mass is 35.5. The number of carbonyl (C=O) groups is 1. The van der Waals surface area contributed by atoms with Crippen molar-refractivity contribution in [2.24, 2.45) is 0 Å². The third-order valence-corrected chi connectivity index (χ3v) is 6.24. The van der Waals surface area contributed by atoms with E-state index in [0.717, 1.165) is 16.5 Å². The smallest absolute Gasteiger partial charge is 0.227 e. The number of hydrogen-bond acceptors (Lipinski definition) is 3. The van der Waals surface area contributed by atoms with Gasteiger partial charge in [-0.05, 0) is 47.2 Å². The van der Waals surface area contributed by atoms with Crippen molar-refractivity contribution < 1.29 is 13.2 Å². The van der Waals surface area contributed by atoms with E-state index in [1.807, 2.05) is 42.5 Å². The van der Waals surface area contributed by atoms with Crippen LogP contribution >= 0.6 is 11.6 Å². The Hall–Kier alpha value is -2.37. The maximum absolute atomic E-state index is 12.5. The number of nitrogens with zero attached hydrogens (tertiary/aromatic N) is 1. The van der Waals surface area contributed by atoms with Gasteiger partial charge in [0, 0.05) is 24.2 Å². The van der Waals surface area contributed by atoms with E-state index >= 15 is 0 Å². The molecule has 0 spiro atoms. The van der Waals surface area contributed by atoms with Crippen LogP contribution in [0.4, 0.5) is 5.69 Å².